The molecule has 0 aliphatic carbocycles. The summed E-state index contributed by atoms with van der Waals surface area (Å²) < 4.78 is 28.6. The lowest BCUT2D eigenvalue weighted by Crippen LogP contribution is -2.52. The lowest BCUT2D eigenvalue weighted by Gasteiger charge is -2.34. The maximum absolute atomic E-state index is 14.3. The smallest absolute Gasteiger partial charge is 0.269 e. The average molecular weight is 431 g/mol. The number of aryl methyl sites for hydroxylation is 1. The molecule has 4 rings (SSSR count). The van der Waals surface area contributed by atoms with Crippen molar-refractivity contribution in [3.63, 3.8) is 0 Å². The number of alkyl halides is 2. The number of aromatic nitrogens is 5. The van der Waals surface area contributed by atoms with Crippen LogP contribution in [0.2, 0.25) is 0 Å². The molecule has 3 N–H and O–H groups in total. The van der Waals surface area contributed by atoms with Crippen molar-refractivity contribution in [2.45, 2.75) is 44.6 Å². The van der Waals surface area contributed by atoms with Gasteiger partial charge < -0.3 is 15.2 Å². The van der Waals surface area contributed by atoms with Crippen molar-refractivity contribution in [3.05, 3.63) is 41.7 Å². The van der Waals surface area contributed by atoms with E-state index in [-0.39, 0.29) is 18.7 Å². The number of amides is 2. The summed E-state index contributed by atoms with van der Waals surface area (Å²) in [6.07, 6.45) is 3.19. The van der Waals surface area contributed by atoms with Crippen LogP contribution in [0.15, 0.2) is 24.5 Å². The maximum atomic E-state index is 14.3. The molecule has 9 nitrogen and oxygen atoms in total. The van der Waals surface area contributed by atoms with Gasteiger partial charge in [0.2, 0.25) is 5.91 Å². The van der Waals surface area contributed by atoms with Gasteiger partial charge in [-0.15, -0.1) is 0 Å². The van der Waals surface area contributed by atoms with E-state index in [1.54, 1.807) is 19.2 Å². The number of likely N-dealkylation sites (tertiary alicyclic amines) is 1. The lowest BCUT2D eigenvalue weighted by atomic mass is 9.97. The Kier molecular flexibility index (Phi) is 5.19. The third kappa shape index (κ3) is 4.25. The van der Waals surface area contributed by atoms with E-state index >= 15 is 0 Å². The van der Waals surface area contributed by atoms with Crippen molar-refractivity contribution < 1.29 is 18.4 Å². The highest BCUT2D eigenvalue weighted by Gasteiger charge is 2.54. The second-order valence-electron chi connectivity index (χ2n) is 8.08. The zero-order chi connectivity index (χ0) is 22.2. The third-order valence-corrected chi connectivity index (χ3v) is 5.52. The first-order chi connectivity index (χ1) is 14.7. The molecule has 1 saturated heterocycles. The topological polar surface area (TPSA) is 120 Å². The molecule has 1 aliphatic rings. The highest BCUT2D eigenvalue weighted by Crippen LogP contribution is 2.39. The van der Waals surface area contributed by atoms with E-state index in [9.17, 15) is 18.4 Å². The van der Waals surface area contributed by atoms with E-state index in [2.05, 4.69) is 30.5 Å². The number of nitrogens with zero attached hydrogens (tertiary/aromatic N) is 4. The molecule has 1 unspecified atom stereocenters. The molecule has 4 heterocycles. The minimum absolute atomic E-state index is 0.113. The molecule has 1 fully saturated rings. The van der Waals surface area contributed by atoms with E-state index in [0.29, 0.717) is 16.9 Å². The monoisotopic (exact) mass is 431 g/mol. The molecule has 164 valence electrons. The molecular formula is C20H23F2N7O2. The van der Waals surface area contributed by atoms with Crippen LogP contribution in [0.5, 0.6) is 0 Å². The molecule has 0 spiro atoms. The van der Waals surface area contributed by atoms with E-state index in [4.69, 9.17) is 0 Å². The van der Waals surface area contributed by atoms with Crippen molar-refractivity contribution >= 4 is 22.8 Å². The Balaban J connectivity index is 1.47. The van der Waals surface area contributed by atoms with Crippen LogP contribution in [0.3, 0.4) is 0 Å². The summed E-state index contributed by atoms with van der Waals surface area (Å²) in [5.41, 5.74) is 0.971. The van der Waals surface area contributed by atoms with Crippen LogP contribution in [0, 0.1) is 0 Å². The van der Waals surface area contributed by atoms with Gasteiger partial charge in [0.25, 0.3) is 11.8 Å². The number of hydrogen-bond acceptors (Lipinski definition) is 5. The van der Waals surface area contributed by atoms with E-state index < -0.39 is 36.2 Å². The van der Waals surface area contributed by atoms with Gasteiger partial charge in [-0.2, -0.15) is 5.10 Å². The fourth-order valence-electron chi connectivity index (χ4n) is 3.91. The fraction of sp³-hybridized carbons (Fsp3) is 0.450. The van der Waals surface area contributed by atoms with E-state index in [0.717, 1.165) is 17.0 Å². The van der Waals surface area contributed by atoms with Gasteiger partial charge in [-0.3, -0.25) is 14.7 Å². The zero-order valence-corrected chi connectivity index (χ0v) is 17.2. The molecule has 1 atom stereocenters. The minimum atomic E-state index is -3.04. The average Bonchev–Trinajstić information content (AvgIpc) is 3.43. The predicted octanol–water partition coefficient (Wildman–Crippen LogP) is 1.84. The number of hydrogen-bond donors (Lipinski definition) is 3. The lowest BCUT2D eigenvalue weighted by molar-refractivity contribution is -0.135. The first kappa shape index (κ1) is 20.9. The second-order valence-corrected chi connectivity index (χ2v) is 8.08. The van der Waals surface area contributed by atoms with Gasteiger partial charge in [0.1, 0.15) is 17.0 Å². The summed E-state index contributed by atoms with van der Waals surface area (Å²) in [4.78, 5) is 37.9. The fourth-order valence-corrected chi connectivity index (χ4v) is 3.91. The van der Waals surface area contributed by atoms with Crippen LogP contribution in [0.25, 0.3) is 11.0 Å². The Labute approximate surface area is 176 Å². The van der Waals surface area contributed by atoms with Crippen LogP contribution in [-0.2, 0) is 17.6 Å². The molecule has 11 heteroatoms. The summed E-state index contributed by atoms with van der Waals surface area (Å²) in [5.74, 6) is -3.59. The maximum Gasteiger partial charge on any atom is 0.269 e. The normalized spacial score (nSPS) is 20.3. The number of nitrogens with one attached hydrogen (secondary N) is 3. The zero-order valence-electron chi connectivity index (χ0n) is 17.2. The van der Waals surface area contributed by atoms with Crippen molar-refractivity contribution in [3.8, 4) is 0 Å². The molecule has 0 saturated carbocycles. The highest BCUT2D eigenvalue weighted by atomic mass is 19.3. The highest BCUT2D eigenvalue weighted by molar-refractivity contribution is 5.94. The molecule has 1 aliphatic heterocycles. The summed E-state index contributed by atoms with van der Waals surface area (Å²) in [5, 5.41) is 9.25. The molecule has 3 aromatic heterocycles. The van der Waals surface area contributed by atoms with Crippen LogP contribution in [0.1, 0.15) is 42.3 Å². The number of aromatic amines is 2. The Hall–Kier alpha value is -3.37. The van der Waals surface area contributed by atoms with Gasteiger partial charge in [-0.05, 0) is 25.5 Å². The number of rotatable bonds is 6. The number of carbonyl (C=O) groups is 2. The number of halogens is 2. The Morgan fingerprint density at radius 1 is 1.29 bits per heavy atom. The van der Waals surface area contributed by atoms with E-state index in [1.165, 1.54) is 12.3 Å². The molecular weight excluding hydrogens is 408 g/mol. The summed E-state index contributed by atoms with van der Waals surface area (Å²) in [6.45, 7) is 2.67. The first-order valence-corrected chi connectivity index (χ1v) is 9.98. The second kappa shape index (κ2) is 7.71. The Morgan fingerprint density at radius 2 is 2.10 bits per heavy atom. The summed E-state index contributed by atoms with van der Waals surface area (Å²) >= 11 is 0. The van der Waals surface area contributed by atoms with Gasteiger partial charge in [-0.25, -0.2) is 18.7 Å². The number of H-pyrrole nitrogens is 2. The molecule has 0 radical (unpaired) electrons. The molecule has 0 aromatic carbocycles. The van der Waals surface area contributed by atoms with Gasteiger partial charge in [0.15, 0.2) is 0 Å². The number of carbonyl (C=O) groups excluding carboxylic acids is 2. The van der Waals surface area contributed by atoms with Crippen LogP contribution in [0.4, 0.5) is 8.78 Å². The van der Waals surface area contributed by atoms with E-state index in [1.807, 2.05) is 6.92 Å². The number of imidazole rings is 1. The first-order valence-electron chi connectivity index (χ1n) is 9.98. The summed E-state index contributed by atoms with van der Waals surface area (Å²) in [7, 11) is 0. The minimum Gasteiger partial charge on any atom is -0.348 e. The molecule has 3 aromatic rings. The molecule has 31 heavy (non-hydrogen) atoms. The van der Waals surface area contributed by atoms with Gasteiger partial charge in [0.05, 0.1) is 30.2 Å². The number of fused-ring (bicyclic) bond motifs is 1. The largest absolute Gasteiger partial charge is 0.348 e. The number of pyridine rings is 1. The van der Waals surface area contributed by atoms with Crippen LogP contribution in [-0.4, -0.2) is 66.4 Å². The van der Waals surface area contributed by atoms with Gasteiger partial charge >= 0.3 is 0 Å². The molecule has 2 amide bonds. The quantitative estimate of drug-likeness (QED) is 0.550. The Morgan fingerprint density at radius 3 is 2.84 bits per heavy atom. The predicted molar refractivity (Wildman–Crippen MR) is 108 cm³/mol. The third-order valence-electron chi connectivity index (χ3n) is 5.52. The van der Waals surface area contributed by atoms with Crippen molar-refractivity contribution in [2.75, 3.05) is 13.1 Å². The van der Waals surface area contributed by atoms with Crippen LogP contribution >= 0.6 is 0 Å². The SMILES string of the molecule is CCc1cnc(CC(=O)N2CC(F)(F)CC2(C)CNC(=O)c2ccc3[nH]ncc3n2)[nH]1. The van der Waals surface area contributed by atoms with Crippen LogP contribution < -0.4 is 5.32 Å². The van der Waals surface area contributed by atoms with Gasteiger partial charge in [-0.1, -0.05) is 6.92 Å². The van der Waals surface area contributed by atoms with Crippen molar-refractivity contribution in [1.29, 1.82) is 0 Å². The van der Waals surface area contributed by atoms with Crippen molar-refractivity contribution in [2.24, 2.45) is 0 Å². The standard InChI is InChI=1S/C20H23F2N7O2/c1-3-12-7-23-16(26-12)6-17(30)29-11-20(21,22)9-19(29,2)10-24-18(31)14-5-4-13-15(27-14)8-25-28-13/h4-5,7-8H,3,6,9-11H2,1-2H3,(H,23,26)(H,24,31)(H,25,28). The van der Waals surface area contributed by atoms with Gasteiger partial charge in [0, 0.05) is 24.9 Å². The Bertz CT molecular complexity index is 1130. The molecule has 0 bridgehead atoms. The van der Waals surface area contributed by atoms with Crippen molar-refractivity contribution in [1.82, 2.24) is 35.4 Å². The summed E-state index contributed by atoms with van der Waals surface area (Å²) in [6, 6.07) is 3.19.